The molecule has 2 fully saturated rings. The summed E-state index contributed by atoms with van der Waals surface area (Å²) >= 11 is 0. The van der Waals surface area contributed by atoms with Gasteiger partial charge in [0, 0.05) is 18.3 Å². The van der Waals surface area contributed by atoms with Crippen molar-refractivity contribution >= 4 is 21.4 Å². The second-order valence-corrected chi connectivity index (χ2v) is 12.6. The zero-order valence-electron chi connectivity index (χ0n) is 22.4. The van der Waals surface area contributed by atoms with Crippen LogP contribution in [0.1, 0.15) is 60.8 Å². The number of rotatable bonds is 9. The van der Waals surface area contributed by atoms with Crippen LogP contribution >= 0.6 is 0 Å². The summed E-state index contributed by atoms with van der Waals surface area (Å²) in [5, 5.41) is 6.23. The van der Waals surface area contributed by atoms with E-state index in [1.807, 2.05) is 51.1 Å². The fourth-order valence-corrected chi connectivity index (χ4v) is 7.90. The Morgan fingerprint density at radius 1 is 1.05 bits per heavy atom. The Hall–Kier alpha value is -2.26. The molecular weight excluding hydrogens is 486 g/mol. The van der Waals surface area contributed by atoms with Crippen LogP contribution < -0.4 is 10.6 Å². The topological polar surface area (TPSA) is 87.7 Å². The number of benzene rings is 2. The number of hydrogen-bond acceptors (Lipinski definition) is 6. The molecule has 2 heterocycles. The number of anilines is 1. The van der Waals surface area contributed by atoms with E-state index in [2.05, 4.69) is 21.6 Å². The number of nitrogens with one attached hydrogen (secondary N) is 2. The molecular formula is C29H41N3O4S. The number of sulfone groups is 1. The smallest absolute Gasteiger partial charge is 0.250 e. The molecule has 2 aromatic carbocycles. The van der Waals surface area contributed by atoms with Gasteiger partial charge in [0.15, 0.2) is 5.44 Å². The van der Waals surface area contributed by atoms with Crippen LogP contribution in [-0.4, -0.2) is 56.9 Å². The molecule has 202 valence electrons. The minimum atomic E-state index is -3.84. The largest absolute Gasteiger partial charge is 0.350 e. The monoisotopic (exact) mass is 527 g/mol. The molecule has 8 heteroatoms. The van der Waals surface area contributed by atoms with E-state index in [1.54, 1.807) is 0 Å². The maximum atomic E-state index is 13.9. The molecule has 0 radical (unpaired) electrons. The number of nitrogens with zero attached hydrogens (tertiary/aromatic N) is 1. The Morgan fingerprint density at radius 2 is 1.78 bits per heavy atom. The highest BCUT2D eigenvalue weighted by molar-refractivity contribution is 7.92. The second-order valence-electron chi connectivity index (χ2n) is 10.6. The average Bonchev–Trinajstić information content (AvgIpc) is 2.84. The number of amides is 1. The molecule has 0 bridgehead atoms. The fourth-order valence-electron chi connectivity index (χ4n) is 5.74. The first kappa shape index (κ1) is 27.8. The maximum Gasteiger partial charge on any atom is 0.250 e. The zero-order valence-corrected chi connectivity index (χ0v) is 23.2. The Kier molecular flexibility index (Phi) is 9.40. The first-order valence-corrected chi connectivity index (χ1v) is 15.1. The van der Waals surface area contributed by atoms with Crippen molar-refractivity contribution in [1.82, 2.24) is 10.2 Å². The Bertz CT molecular complexity index is 1160. The van der Waals surface area contributed by atoms with E-state index in [0.717, 1.165) is 50.1 Å². The number of likely N-dealkylation sites (tertiary alicyclic amines) is 1. The lowest BCUT2D eigenvalue weighted by molar-refractivity contribution is -0.121. The molecule has 37 heavy (non-hydrogen) atoms. The number of hydrogen-bond donors (Lipinski definition) is 2. The highest BCUT2D eigenvalue weighted by Crippen LogP contribution is 2.29. The summed E-state index contributed by atoms with van der Waals surface area (Å²) in [4.78, 5) is 15.6. The Morgan fingerprint density at radius 3 is 2.46 bits per heavy atom. The van der Waals surface area contributed by atoms with Crippen LogP contribution in [0.5, 0.6) is 0 Å². The van der Waals surface area contributed by atoms with Crippen LogP contribution in [0.4, 0.5) is 5.69 Å². The van der Waals surface area contributed by atoms with Crippen LogP contribution in [0, 0.1) is 20.8 Å². The fraction of sp³-hybridized carbons (Fsp3) is 0.552. The third kappa shape index (κ3) is 7.19. The molecule has 1 amide bonds. The van der Waals surface area contributed by atoms with Crippen molar-refractivity contribution < 1.29 is 17.9 Å². The molecule has 0 aliphatic carbocycles. The lowest BCUT2D eigenvalue weighted by Crippen LogP contribution is -2.49. The van der Waals surface area contributed by atoms with Crippen LogP contribution in [0.15, 0.2) is 41.3 Å². The lowest BCUT2D eigenvalue weighted by Gasteiger charge is -2.31. The summed E-state index contributed by atoms with van der Waals surface area (Å²) < 4.78 is 33.7. The molecule has 2 saturated heterocycles. The van der Waals surface area contributed by atoms with E-state index >= 15 is 0 Å². The van der Waals surface area contributed by atoms with E-state index in [-0.39, 0.29) is 18.6 Å². The van der Waals surface area contributed by atoms with Crippen molar-refractivity contribution in [2.24, 2.45) is 0 Å². The summed E-state index contributed by atoms with van der Waals surface area (Å²) in [7, 11) is -3.84. The van der Waals surface area contributed by atoms with Gasteiger partial charge in [0.2, 0.25) is 15.7 Å². The van der Waals surface area contributed by atoms with E-state index in [9.17, 15) is 13.2 Å². The van der Waals surface area contributed by atoms with E-state index in [4.69, 9.17) is 4.74 Å². The molecule has 2 aliphatic heterocycles. The Balaban J connectivity index is 1.46. The molecule has 0 aromatic heterocycles. The first-order chi connectivity index (χ1) is 17.7. The minimum absolute atomic E-state index is 0.307. The predicted molar refractivity (Wildman–Crippen MR) is 147 cm³/mol. The van der Waals surface area contributed by atoms with Gasteiger partial charge in [-0.1, -0.05) is 42.7 Å². The summed E-state index contributed by atoms with van der Waals surface area (Å²) in [6.07, 6.45) is 6.37. The number of aryl methyl sites for hydroxylation is 3. The lowest BCUT2D eigenvalue weighted by atomic mass is 10.1. The molecule has 4 rings (SSSR count). The van der Waals surface area contributed by atoms with Crippen LogP contribution in [0.2, 0.25) is 0 Å². The van der Waals surface area contributed by atoms with Gasteiger partial charge >= 0.3 is 0 Å². The minimum Gasteiger partial charge on any atom is -0.350 e. The molecule has 7 nitrogen and oxygen atoms in total. The Labute approximate surface area is 221 Å². The van der Waals surface area contributed by atoms with Crippen molar-refractivity contribution in [3.05, 3.63) is 58.7 Å². The maximum absolute atomic E-state index is 13.9. The summed E-state index contributed by atoms with van der Waals surface area (Å²) in [5.41, 5.74) is 3.14. The zero-order chi connectivity index (χ0) is 26.4. The molecule has 2 unspecified atom stereocenters. The van der Waals surface area contributed by atoms with Gasteiger partial charge in [-0.05, 0) is 94.9 Å². The standard InChI is InChI=1S/C29H41N3O4S/c1-21-16-22(2)28(23(3)17-21)37(34,35)29(26-12-5-6-13-30-26)36-20-27(33)31-25-11-9-10-24(18-25)19-32-14-7-4-8-15-32/h9-11,16-18,26,29-30H,4-8,12-15,19-20H2,1-3H3,(H,31,33). The van der Waals surface area contributed by atoms with Gasteiger partial charge in [0.05, 0.1) is 4.90 Å². The van der Waals surface area contributed by atoms with Crippen LogP contribution in [-0.2, 0) is 25.9 Å². The van der Waals surface area contributed by atoms with Gasteiger partial charge < -0.3 is 15.4 Å². The average molecular weight is 528 g/mol. The summed E-state index contributed by atoms with van der Waals surface area (Å²) in [5.74, 6) is -0.358. The van der Waals surface area contributed by atoms with E-state index < -0.39 is 15.3 Å². The van der Waals surface area contributed by atoms with Crippen molar-refractivity contribution in [3.8, 4) is 0 Å². The van der Waals surface area contributed by atoms with Crippen molar-refractivity contribution in [2.75, 3.05) is 31.6 Å². The normalized spacial score (nSPS) is 19.9. The number of carbonyl (C=O) groups excluding carboxylic acids is 1. The van der Waals surface area contributed by atoms with Crippen molar-refractivity contribution in [3.63, 3.8) is 0 Å². The second kappa shape index (κ2) is 12.5. The van der Waals surface area contributed by atoms with Gasteiger partial charge in [0.1, 0.15) is 6.61 Å². The molecule has 0 spiro atoms. The quantitative estimate of drug-likeness (QED) is 0.500. The third-order valence-corrected chi connectivity index (χ3v) is 9.61. The van der Waals surface area contributed by atoms with Gasteiger partial charge in [-0.15, -0.1) is 0 Å². The molecule has 2 N–H and O–H groups in total. The van der Waals surface area contributed by atoms with Gasteiger partial charge in [-0.25, -0.2) is 8.42 Å². The third-order valence-electron chi connectivity index (χ3n) is 7.32. The van der Waals surface area contributed by atoms with E-state index in [1.165, 1.54) is 19.3 Å². The number of ether oxygens (including phenoxy) is 1. The highest BCUT2D eigenvalue weighted by atomic mass is 32.2. The summed E-state index contributed by atoms with van der Waals surface area (Å²) in [6, 6.07) is 11.3. The molecule has 2 aromatic rings. The predicted octanol–water partition coefficient (Wildman–Crippen LogP) is 4.49. The van der Waals surface area contributed by atoms with Crippen molar-refractivity contribution in [1.29, 1.82) is 0 Å². The van der Waals surface area contributed by atoms with Gasteiger partial charge in [-0.3, -0.25) is 9.69 Å². The van der Waals surface area contributed by atoms with Gasteiger partial charge in [-0.2, -0.15) is 0 Å². The number of piperidine rings is 2. The highest BCUT2D eigenvalue weighted by Gasteiger charge is 2.38. The first-order valence-electron chi connectivity index (χ1n) is 13.5. The number of carbonyl (C=O) groups is 1. The molecule has 2 atom stereocenters. The molecule has 0 saturated carbocycles. The summed E-state index contributed by atoms with van der Waals surface area (Å²) in [6.45, 7) is 9.08. The van der Waals surface area contributed by atoms with E-state index in [0.29, 0.717) is 28.1 Å². The molecule has 2 aliphatic rings. The van der Waals surface area contributed by atoms with Crippen molar-refractivity contribution in [2.45, 2.75) is 82.2 Å². The van der Waals surface area contributed by atoms with Crippen LogP contribution in [0.3, 0.4) is 0 Å². The SMILES string of the molecule is Cc1cc(C)c(S(=O)(=O)C(OCC(=O)Nc2cccc(CN3CCCCC3)c2)C2CCCCN2)c(C)c1. The van der Waals surface area contributed by atoms with Crippen LogP contribution in [0.25, 0.3) is 0 Å². The van der Waals surface area contributed by atoms with Gasteiger partial charge in [0.25, 0.3) is 0 Å².